The molecule has 186 valence electrons. The van der Waals surface area contributed by atoms with Gasteiger partial charge in [0.15, 0.2) is 0 Å². The first-order chi connectivity index (χ1) is 17.0. The maximum atomic E-state index is 12.9. The number of anilines is 2. The molecule has 0 spiro atoms. The molecule has 3 heterocycles. The summed E-state index contributed by atoms with van der Waals surface area (Å²) in [7, 11) is 2.06. The number of amides is 3. The minimum Gasteiger partial charge on any atom is -0.487 e. The summed E-state index contributed by atoms with van der Waals surface area (Å²) < 4.78 is 12.2. The highest BCUT2D eigenvalue weighted by Crippen LogP contribution is 2.47. The second-order valence-electron chi connectivity index (χ2n) is 9.49. The zero-order valence-corrected chi connectivity index (χ0v) is 19.9. The van der Waals surface area contributed by atoms with Crippen molar-refractivity contribution in [3.05, 3.63) is 54.1 Å². The Morgan fingerprint density at radius 3 is 2.51 bits per heavy atom. The number of urea groups is 1. The molecule has 9 heteroatoms. The minimum atomic E-state index is -0.510. The minimum absolute atomic E-state index is 0.0277. The van der Waals surface area contributed by atoms with Gasteiger partial charge in [-0.15, -0.1) is 0 Å². The van der Waals surface area contributed by atoms with Crippen molar-refractivity contribution in [2.75, 3.05) is 50.5 Å². The van der Waals surface area contributed by atoms with Gasteiger partial charge in [0.25, 0.3) is 0 Å². The molecule has 9 nitrogen and oxygen atoms in total. The monoisotopic (exact) mass is 480 g/mol. The lowest BCUT2D eigenvalue weighted by atomic mass is 9.84. The quantitative estimate of drug-likeness (QED) is 0.608. The molecule has 3 aliphatic rings. The summed E-state index contributed by atoms with van der Waals surface area (Å²) in [5.41, 5.74) is 2.32. The van der Waals surface area contributed by atoms with Crippen LogP contribution in [0.5, 0.6) is 5.75 Å². The fourth-order valence-corrected chi connectivity index (χ4v) is 5.16. The first-order valence-corrected chi connectivity index (χ1v) is 12.2. The topological polar surface area (TPSA) is 103 Å². The summed E-state index contributed by atoms with van der Waals surface area (Å²) in [6.45, 7) is 3.01. The van der Waals surface area contributed by atoms with Crippen molar-refractivity contribution in [3.63, 3.8) is 0 Å². The number of ether oxygens (including phenoxy) is 2. The highest BCUT2D eigenvalue weighted by molar-refractivity contribution is 5.99. The van der Waals surface area contributed by atoms with Crippen LogP contribution in [-0.4, -0.2) is 85.0 Å². The fourth-order valence-electron chi connectivity index (χ4n) is 5.16. The van der Waals surface area contributed by atoms with Gasteiger partial charge in [0.1, 0.15) is 18.0 Å². The maximum Gasteiger partial charge on any atom is 0.323 e. The largest absolute Gasteiger partial charge is 0.487 e. The van der Waals surface area contributed by atoms with Crippen LogP contribution in [0.4, 0.5) is 16.2 Å². The number of likely N-dealkylation sites (N-methyl/N-ethyl adjacent to an activating group) is 1. The number of fused-ring (bicyclic) bond motifs is 3. The van der Waals surface area contributed by atoms with E-state index in [0.29, 0.717) is 17.8 Å². The highest BCUT2D eigenvalue weighted by Gasteiger charge is 2.46. The number of para-hydroxylation sites is 1. The molecule has 2 saturated heterocycles. The van der Waals surface area contributed by atoms with Gasteiger partial charge in [-0.2, -0.15) is 0 Å². The van der Waals surface area contributed by atoms with Gasteiger partial charge in [-0.1, -0.05) is 18.2 Å². The van der Waals surface area contributed by atoms with E-state index in [9.17, 15) is 14.7 Å². The number of hydrogen-bond acceptors (Lipinski definition) is 6. The van der Waals surface area contributed by atoms with Gasteiger partial charge in [0.05, 0.1) is 19.1 Å². The second-order valence-corrected chi connectivity index (χ2v) is 9.49. The average Bonchev–Trinajstić information content (AvgIpc) is 3.22. The predicted octanol–water partition coefficient (Wildman–Crippen LogP) is 2.49. The lowest BCUT2D eigenvalue weighted by Gasteiger charge is -2.38. The smallest absolute Gasteiger partial charge is 0.323 e. The predicted molar refractivity (Wildman–Crippen MR) is 132 cm³/mol. The Labute approximate surface area is 205 Å². The molecule has 0 saturated carbocycles. The standard InChI is InChI=1S/C26H32N4O5/c1-29-9-11-30(12-10-29)24(32)15-19-14-21-20-13-18(28-26(33)27-17-5-3-2-4-6-17)7-8-22(20)35-25(21)23(16-31)34-19/h2-8,13,19,21,23,25,31H,9-12,14-16H2,1H3,(H2,27,28,33)/t19-,21+,23+,25-/m0/s1. The summed E-state index contributed by atoms with van der Waals surface area (Å²) in [5.74, 6) is 0.785. The van der Waals surface area contributed by atoms with Crippen molar-refractivity contribution < 1.29 is 24.2 Å². The molecule has 3 amide bonds. The van der Waals surface area contributed by atoms with E-state index in [1.54, 1.807) is 6.07 Å². The first-order valence-electron chi connectivity index (χ1n) is 12.2. The number of carbonyl (C=O) groups is 2. The van der Waals surface area contributed by atoms with Crippen molar-refractivity contribution in [3.8, 4) is 5.75 Å². The van der Waals surface area contributed by atoms with E-state index in [1.165, 1.54) is 0 Å². The Morgan fingerprint density at radius 2 is 1.77 bits per heavy atom. The maximum absolute atomic E-state index is 12.9. The van der Waals surface area contributed by atoms with E-state index in [-0.39, 0.29) is 43.1 Å². The molecule has 3 N–H and O–H groups in total. The molecule has 0 radical (unpaired) electrons. The van der Waals surface area contributed by atoms with Gasteiger partial charge in [0.2, 0.25) is 5.91 Å². The number of benzene rings is 2. The number of rotatable bonds is 5. The number of nitrogens with zero attached hydrogens (tertiary/aromatic N) is 2. The second kappa shape index (κ2) is 10.2. The van der Waals surface area contributed by atoms with Crippen LogP contribution in [0.1, 0.15) is 24.3 Å². The van der Waals surface area contributed by atoms with Gasteiger partial charge in [-0.3, -0.25) is 4.79 Å². The van der Waals surface area contributed by atoms with Crippen LogP contribution in [0.2, 0.25) is 0 Å². The first kappa shape index (κ1) is 23.6. The van der Waals surface area contributed by atoms with Crippen LogP contribution in [0.25, 0.3) is 0 Å². The molecular formula is C26H32N4O5. The summed E-state index contributed by atoms with van der Waals surface area (Å²) in [6, 6.07) is 14.5. The van der Waals surface area contributed by atoms with E-state index >= 15 is 0 Å². The normalized spacial score (nSPS) is 25.8. The number of aliphatic hydroxyl groups excluding tert-OH is 1. The molecular weight excluding hydrogens is 448 g/mol. The Morgan fingerprint density at radius 1 is 1.03 bits per heavy atom. The Bertz CT molecular complexity index is 1060. The third kappa shape index (κ3) is 5.27. The third-order valence-corrected chi connectivity index (χ3v) is 7.05. The zero-order chi connectivity index (χ0) is 24.4. The molecule has 5 rings (SSSR count). The van der Waals surface area contributed by atoms with Crippen molar-refractivity contribution >= 4 is 23.3 Å². The highest BCUT2D eigenvalue weighted by atomic mass is 16.6. The van der Waals surface area contributed by atoms with Crippen molar-refractivity contribution in [1.29, 1.82) is 0 Å². The van der Waals surface area contributed by atoms with Gasteiger partial charge in [-0.05, 0) is 43.8 Å². The number of piperazine rings is 1. The Kier molecular flexibility index (Phi) is 6.90. The van der Waals surface area contributed by atoms with Crippen LogP contribution >= 0.6 is 0 Å². The number of aliphatic hydroxyl groups is 1. The summed E-state index contributed by atoms with van der Waals surface area (Å²) >= 11 is 0. The van der Waals surface area contributed by atoms with Crippen LogP contribution < -0.4 is 15.4 Å². The van der Waals surface area contributed by atoms with Crippen LogP contribution in [0.15, 0.2) is 48.5 Å². The molecule has 0 aliphatic carbocycles. The van der Waals surface area contributed by atoms with E-state index in [2.05, 4.69) is 22.6 Å². The number of nitrogens with one attached hydrogen (secondary N) is 2. The lowest BCUT2D eigenvalue weighted by Crippen LogP contribution is -2.50. The molecule has 0 aromatic heterocycles. The summed E-state index contributed by atoms with van der Waals surface area (Å²) in [6.07, 6.45) is -0.223. The molecule has 2 aromatic rings. The zero-order valence-electron chi connectivity index (χ0n) is 19.9. The number of hydrogen-bond donors (Lipinski definition) is 3. The van der Waals surface area contributed by atoms with Gasteiger partial charge in [-0.25, -0.2) is 4.79 Å². The van der Waals surface area contributed by atoms with E-state index in [4.69, 9.17) is 9.47 Å². The lowest BCUT2D eigenvalue weighted by molar-refractivity contribution is -0.150. The van der Waals surface area contributed by atoms with Gasteiger partial charge < -0.3 is 35.0 Å². The van der Waals surface area contributed by atoms with Crippen LogP contribution in [-0.2, 0) is 9.53 Å². The summed E-state index contributed by atoms with van der Waals surface area (Å²) in [4.78, 5) is 29.5. The van der Waals surface area contributed by atoms with E-state index in [0.717, 1.165) is 37.5 Å². The van der Waals surface area contributed by atoms with Crippen molar-refractivity contribution in [1.82, 2.24) is 9.80 Å². The number of carbonyl (C=O) groups excluding carboxylic acids is 2. The molecule has 0 unspecified atom stereocenters. The average molecular weight is 481 g/mol. The van der Waals surface area contributed by atoms with Gasteiger partial charge >= 0.3 is 6.03 Å². The Balaban J connectivity index is 1.26. The molecule has 3 aliphatic heterocycles. The molecule has 2 aromatic carbocycles. The van der Waals surface area contributed by atoms with Crippen LogP contribution in [0, 0.1) is 0 Å². The Hall–Kier alpha value is -3.14. The van der Waals surface area contributed by atoms with E-state index < -0.39 is 6.10 Å². The third-order valence-electron chi connectivity index (χ3n) is 7.05. The molecule has 0 bridgehead atoms. The fraction of sp³-hybridized carbons (Fsp3) is 0.462. The molecule has 35 heavy (non-hydrogen) atoms. The molecule has 4 atom stereocenters. The summed E-state index contributed by atoms with van der Waals surface area (Å²) in [5, 5.41) is 15.7. The van der Waals surface area contributed by atoms with Crippen molar-refractivity contribution in [2.45, 2.75) is 37.1 Å². The molecule has 2 fully saturated rings. The van der Waals surface area contributed by atoms with Crippen molar-refractivity contribution in [2.24, 2.45) is 0 Å². The van der Waals surface area contributed by atoms with E-state index in [1.807, 2.05) is 47.4 Å². The SMILES string of the molecule is CN1CCN(C(=O)C[C@@H]2C[C@@H]3c4cc(NC(=O)Nc5ccccc5)ccc4O[C@@H]3[C@@H](CO)O2)CC1. The van der Waals surface area contributed by atoms with Crippen LogP contribution in [0.3, 0.4) is 0 Å². The van der Waals surface area contributed by atoms with Gasteiger partial charge in [0, 0.05) is 49.0 Å².